The number of amides is 1. The molecule has 1 amide bonds. The minimum absolute atomic E-state index is 0.281. The number of hydrogen-bond acceptors (Lipinski definition) is 5. The van der Waals surface area contributed by atoms with Crippen molar-refractivity contribution >= 4 is 34.0 Å². The molecule has 118 valence electrons. The third-order valence-electron chi connectivity index (χ3n) is 2.98. The number of benzene rings is 1. The van der Waals surface area contributed by atoms with Crippen molar-refractivity contribution in [3.63, 3.8) is 0 Å². The monoisotopic (exact) mass is 339 g/mol. The molecule has 7 heteroatoms. The molecule has 2 rings (SSSR count). The molecule has 22 heavy (non-hydrogen) atoms. The number of nitrogens with one attached hydrogen (secondary N) is 1. The lowest BCUT2D eigenvalue weighted by Crippen LogP contribution is -2.20. The largest absolute Gasteiger partial charge is 0.493 e. The van der Waals surface area contributed by atoms with E-state index < -0.39 is 5.38 Å². The molecule has 0 saturated carbocycles. The molecule has 1 unspecified atom stereocenters. The van der Waals surface area contributed by atoms with E-state index in [1.54, 1.807) is 6.92 Å². The van der Waals surface area contributed by atoms with Crippen LogP contribution in [0.2, 0.25) is 0 Å². The SMILES string of the molecule is Cc1ccc(C)c(OCCc2nnc(NC(=O)C(C)Cl)s2)c1. The zero-order valence-corrected chi connectivity index (χ0v) is 14.3. The summed E-state index contributed by atoms with van der Waals surface area (Å²) in [6, 6.07) is 6.11. The van der Waals surface area contributed by atoms with Gasteiger partial charge in [-0.1, -0.05) is 23.5 Å². The van der Waals surface area contributed by atoms with Crippen LogP contribution >= 0.6 is 22.9 Å². The molecule has 0 saturated heterocycles. The number of anilines is 1. The Kier molecular flexibility index (Phi) is 5.74. The number of carbonyl (C=O) groups is 1. The lowest BCUT2D eigenvalue weighted by molar-refractivity contribution is -0.115. The number of rotatable bonds is 6. The van der Waals surface area contributed by atoms with Crippen molar-refractivity contribution in [1.29, 1.82) is 0 Å². The molecule has 0 fully saturated rings. The number of halogens is 1. The number of aromatic nitrogens is 2. The second-order valence-electron chi connectivity index (χ2n) is 4.97. The van der Waals surface area contributed by atoms with Crippen molar-refractivity contribution in [2.24, 2.45) is 0 Å². The molecule has 0 radical (unpaired) electrons. The Morgan fingerprint density at radius 3 is 2.91 bits per heavy atom. The summed E-state index contributed by atoms with van der Waals surface area (Å²) in [5, 5.41) is 11.2. The summed E-state index contributed by atoms with van der Waals surface area (Å²) in [5.74, 6) is 0.602. The van der Waals surface area contributed by atoms with E-state index >= 15 is 0 Å². The van der Waals surface area contributed by atoms with Crippen LogP contribution in [0.5, 0.6) is 5.75 Å². The zero-order chi connectivity index (χ0) is 16.1. The van der Waals surface area contributed by atoms with Crippen molar-refractivity contribution < 1.29 is 9.53 Å². The van der Waals surface area contributed by atoms with E-state index in [1.165, 1.54) is 11.3 Å². The van der Waals surface area contributed by atoms with Crippen LogP contribution in [0.4, 0.5) is 5.13 Å². The van der Waals surface area contributed by atoms with Crippen molar-refractivity contribution in [1.82, 2.24) is 10.2 Å². The van der Waals surface area contributed by atoms with Crippen LogP contribution in [0.3, 0.4) is 0 Å². The highest BCUT2D eigenvalue weighted by molar-refractivity contribution is 7.15. The Morgan fingerprint density at radius 2 is 2.18 bits per heavy atom. The molecule has 0 spiro atoms. The van der Waals surface area contributed by atoms with E-state index in [0.717, 1.165) is 21.9 Å². The van der Waals surface area contributed by atoms with Gasteiger partial charge in [-0.15, -0.1) is 21.8 Å². The minimum atomic E-state index is -0.597. The third kappa shape index (κ3) is 4.68. The first-order valence-corrected chi connectivity index (χ1v) is 8.18. The maximum absolute atomic E-state index is 11.5. The Bertz CT molecular complexity index is 658. The summed E-state index contributed by atoms with van der Waals surface area (Å²) in [7, 11) is 0. The summed E-state index contributed by atoms with van der Waals surface area (Å²) in [4.78, 5) is 11.5. The Hall–Kier alpha value is -1.66. The molecule has 1 N–H and O–H groups in total. The van der Waals surface area contributed by atoms with Crippen LogP contribution in [-0.4, -0.2) is 28.1 Å². The number of alkyl halides is 1. The molecule has 0 aliphatic heterocycles. The highest BCUT2D eigenvalue weighted by Crippen LogP contribution is 2.20. The maximum atomic E-state index is 11.5. The lowest BCUT2D eigenvalue weighted by Gasteiger charge is -2.08. The third-order valence-corrected chi connectivity index (χ3v) is 4.07. The second kappa shape index (κ2) is 7.56. The minimum Gasteiger partial charge on any atom is -0.493 e. The molecule has 0 aliphatic carbocycles. The standard InChI is InChI=1S/C15H18ClN3O2S/c1-9-4-5-10(2)12(8-9)21-7-6-13-18-19-15(22-13)17-14(20)11(3)16/h4-5,8,11H,6-7H2,1-3H3,(H,17,19,20). The predicted molar refractivity (Wildman–Crippen MR) is 89.0 cm³/mol. The van der Waals surface area contributed by atoms with Crippen molar-refractivity contribution in [2.45, 2.75) is 32.6 Å². The normalized spacial score (nSPS) is 12.0. The van der Waals surface area contributed by atoms with Crippen LogP contribution in [0.1, 0.15) is 23.1 Å². The molecule has 1 aromatic carbocycles. The van der Waals surface area contributed by atoms with Crippen LogP contribution in [0.25, 0.3) is 0 Å². The quantitative estimate of drug-likeness (QED) is 0.820. The summed E-state index contributed by atoms with van der Waals surface area (Å²) in [5.41, 5.74) is 2.27. The van der Waals surface area contributed by atoms with E-state index in [1.807, 2.05) is 26.0 Å². The van der Waals surface area contributed by atoms with Crippen molar-refractivity contribution in [3.05, 3.63) is 34.3 Å². The fourth-order valence-corrected chi connectivity index (χ4v) is 2.50. The van der Waals surface area contributed by atoms with E-state index in [4.69, 9.17) is 16.3 Å². The van der Waals surface area contributed by atoms with E-state index in [-0.39, 0.29) is 5.91 Å². The average molecular weight is 340 g/mol. The molecule has 0 bridgehead atoms. The molecule has 2 aromatic rings. The van der Waals surface area contributed by atoms with E-state index in [0.29, 0.717) is 18.2 Å². The summed E-state index contributed by atoms with van der Waals surface area (Å²) >= 11 is 7.02. The number of nitrogens with zero attached hydrogens (tertiary/aromatic N) is 2. The number of aryl methyl sites for hydroxylation is 2. The van der Waals surface area contributed by atoms with Crippen LogP contribution < -0.4 is 10.1 Å². The fourth-order valence-electron chi connectivity index (χ4n) is 1.72. The fraction of sp³-hybridized carbons (Fsp3) is 0.400. The van der Waals surface area contributed by atoms with E-state index in [9.17, 15) is 4.79 Å². The molecule has 0 aliphatic rings. The average Bonchev–Trinajstić information content (AvgIpc) is 2.90. The van der Waals surface area contributed by atoms with Gasteiger partial charge in [-0.3, -0.25) is 10.1 Å². The number of ether oxygens (including phenoxy) is 1. The van der Waals surface area contributed by atoms with Gasteiger partial charge in [0.1, 0.15) is 16.1 Å². The van der Waals surface area contributed by atoms with E-state index in [2.05, 4.69) is 21.6 Å². The second-order valence-corrected chi connectivity index (χ2v) is 6.69. The Labute approximate surface area is 138 Å². The van der Waals surface area contributed by atoms with Crippen LogP contribution in [0.15, 0.2) is 18.2 Å². The molecule has 1 heterocycles. The van der Waals surface area contributed by atoms with Gasteiger partial charge in [-0.2, -0.15) is 0 Å². The highest BCUT2D eigenvalue weighted by atomic mass is 35.5. The maximum Gasteiger partial charge on any atom is 0.243 e. The summed E-state index contributed by atoms with van der Waals surface area (Å²) < 4.78 is 5.78. The van der Waals surface area contributed by atoms with Gasteiger partial charge in [0.15, 0.2) is 0 Å². The Morgan fingerprint density at radius 1 is 1.41 bits per heavy atom. The van der Waals surface area contributed by atoms with Gasteiger partial charge in [0.2, 0.25) is 11.0 Å². The van der Waals surface area contributed by atoms with Gasteiger partial charge in [-0.05, 0) is 38.0 Å². The summed E-state index contributed by atoms with van der Waals surface area (Å²) in [6.45, 7) is 6.17. The number of hydrogen-bond donors (Lipinski definition) is 1. The first-order valence-electron chi connectivity index (χ1n) is 6.93. The first-order chi connectivity index (χ1) is 10.5. The van der Waals surface area contributed by atoms with Crippen LogP contribution in [0, 0.1) is 13.8 Å². The topological polar surface area (TPSA) is 64.1 Å². The zero-order valence-electron chi connectivity index (χ0n) is 12.7. The van der Waals surface area contributed by atoms with Crippen molar-refractivity contribution in [3.8, 4) is 5.75 Å². The Balaban J connectivity index is 1.86. The molecular weight excluding hydrogens is 322 g/mol. The molecule has 5 nitrogen and oxygen atoms in total. The molecular formula is C15H18ClN3O2S. The van der Waals surface area contributed by atoms with Gasteiger partial charge < -0.3 is 4.74 Å². The summed E-state index contributed by atoms with van der Waals surface area (Å²) in [6.07, 6.45) is 0.636. The first kappa shape index (κ1) is 16.7. The van der Waals surface area contributed by atoms with Gasteiger partial charge >= 0.3 is 0 Å². The highest BCUT2D eigenvalue weighted by Gasteiger charge is 2.12. The lowest BCUT2D eigenvalue weighted by atomic mass is 10.1. The van der Waals surface area contributed by atoms with Crippen molar-refractivity contribution in [2.75, 3.05) is 11.9 Å². The predicted octanol–water partition coefficient (Wildman–Crippen LogP) is 3.34. The van der Waals surface area contributed by atoms with Gasteiger partial charge in [0, 0.05) is 6.42 Å². The van der Waals surface area contributed by atoms with Gasteiger partial charge in [-0.25, -0.2) is 0 Å². The number of carbonyl (C=O) groups excluding carboxylic acids is 1. The molecule has 1 aromatic heterocycles. The van der Waals surface area contributed by atoms with Crippen LogP contribution in [-0.2, 0) is 11.2 Å². The van der Waals surface area contributed by atoms with Gasteiger partial charge in [0.05, 0.1) is 6.61 Å². The van der Waals surface area contributed by atoms with Gasteiger partial charge in [0.25, 0.3) is 0 Å². The molecule has 1 atom stereocenters. The smallest absolute Gasteiger partial charge is 0.243 e.